The molecule has 0 fully saturated rings. The Bertz CT molecular complexity index is 997. The minimum atomic E-state index is -0.648. The largest absolute Gasteiger partial charge is 0.457 e. The highest BCUT2D eigenvalue weighted by molar-refractivity contribution is 6.01. The van der Waals surface area contributed by atoms with Gasteiger partial charge < -0.3 is 9.15 Å². The van der Waals surface area contributed by atoms with Crippen molar-refractivity contribution in [1.82, 2.24) is 0 Å². The Balaban J connectivity index is 1.76. The molecule has 0 aliphatic rings. The molecule has 0 aliphatic carbocycles. The summed E-state index contributed by atoms with van der Waals surface area (Å²) in [6.45, 7) is 7.59. The first kappa shape index (κ1) is 18.6. The average molecular weight is 362 g/mol. The molecule has 138 valence electrons. The molecule has 27 heavy (non-hydrogen) atoms. The van der Waals surface area contributed by atoms with Crippen molar-refractivity contribution >= 4 is 11.8 Å². The van der Waals surface area contributed by atoms with Crippen LogP contribution in [-0.4, -0.2) is 18.4 Å². The number of rotatable bonds is 5. The van der Waals surface area contributed by atoms with E-state index in [1.54, 1.807) is 6.07 Å². The highest BCUT2D eigenvalue weighted by Gasteiger charge is 2.21. The number of carbonyl (C=O) groups excluding carboxylic acids is 2. The Morgan fingerprint density at radius 2 is 1.63 bits per heavy atom. The number of esters is 1. The topological polar surface area (TPSA) is 56.5 Å². The van der Waals surface area contributed by atoms with Gasteiger partial charge in [-0.15, -0.1) is 0 Å². The van der Waals surface area contributed by atoms with Crippen molar-refractivity contribution in [2.24, 2.45) is 0 Å². The Labute approximate surface area is 158 Å². The predicted molar refractivity (Wildman–Crippen MR) is 104 cm³/mol. The molecule has 1 aromatic heterocycles. The van der Waals surface area contributed by atoms with Gasteiger partial charge in [0.2, 0.25) is 11.5 Å². The number of hydrogen-bond donors (Lipinski definition) is 0. The number of benzene rings is 2. The quantitative estimate of drug-likeness (QED) is 0.461. The van der Waals surface area contributed by atoms with E-state index in [-0.39, 0.29) is 18.2 Å². The van der Waals surface area contributed by atoms with Crippen LogP contribution >= 0.6 is 0 Å². The number of ether oxygens (including phenoxy) is 1. The van der Waals surface area contributed by atoms with Gasteiger partial charge in [-0.3, -0.25) is 4.79 Å². The second-order valence-electron chi connectivity index (χ2n) is 6.64. The van der Waals surface area contributed by atoms with Crippen LogP contribution in [0.1, 0.15) is 43.2 Å². The number of carbonyl (C=O) groups is 2. The third kappa shape index (κ3) is 3.70. The molecule has 0 saturated carbocycles. The highest BCUT2D eigenvalue weighted by atomic mass is 16.5. The number of furan rings is 1. The van der Waals surface area contributed by atoms with E-state index in [9.17, 15) is 9.59 Å². The van der Waals surface area contributed by atoms with Crippen molar-refractivity contribution in [2.75, 3.05) is 6.61 Å². The Kier molecular flexibility index (Phi) is 5.26. The maximum absolute atomic E-state index is 12.6. The minimum absolute atomic E-state index is 0.0991. The van der Waals surface area contributed by atoms with Crippen LogP contribution in [0, 0.1) is 27.7 Å². The lowest BCUT2D eigenvalue weighted by molar-refractivity contribution is 0.0445. The van der Waals surface area contributed by atoms with E-state index in [1.165, 1.54) is 11.8 Å². The first-order valence-electron chi connectivity index (χ1n) is 8.80. The van der Waals surface area contributed by atoms with Gasteiger partial charge in [0.05, 0.1) is 6.26 Å². The Morgan fingerprint density at radius 1 is 0.926 bits per heavy atom. The lowest BCUT2D eigenvalue weighted by Crippen LogP contribution is -2.16. The van der Waals surface area contributed by atoms with Crippen LogP contribution in [0.2, 0.25) is 0 Å². The third-order valence-corrected chi connectivity index (χ3v) is 5.05. The van der Waals surface area contributed by atoms with Gasteiger partial charge in [0.25, 0.3) is 0 Å². The van der Waals surface area contributed by atoms with Crippen LogP contribution in [0.4, 0.5) is 0 Å². The van der Waals surface area contributed by atoms with Crippen molar-refractivity contribution in [2.45, 2.75) is 27.7 Å². The highest BCUT2D eigenvalue weighted by Crippen LogP contribution is 2.26. The summed E-state index contributed by atoms with van der Waals surface area (Å²) in [5.74, 6) is -0.771. The predicted octanol–water partition coefficient (Wildman–Crippen LogP) is 5.22. The summed E-state index contributed by atoms with van der Waals surface area (Å²) in [6.07, 6.45) is 1.44. The summed E-state index contributed by atoms with van der Waals surface area (Å²) in [7, 11) is 0. The fourth-order valence-corrected chi connectivity index (χ4v) is 3.09. The summed E-state index contributed by atoms with van der Waals surface area (Å²) < 4.78 is 10.6. The van der Waals surface area contributed by atoms with Crippen LogP contribution in [-0.2, 0) is 4.74 Å². The van der Waals surface area contributed by atoms with Gasteiger partial charge in [-0.1, -0.05) is 30.3 Å². The van der Waals surface area contributed by atoms with Gasteiger partial charge >= 0.3 is 5.97 Å². The molecular weight excluding hydrogens is 340 g/mol. The fourth-order valence-electron chi connectivity index (χ4n) is 3.09. The van der Waals surface area contributed by atoms with Gasteiger partial charge in [-0.05, 0) is 67.6 Å². The monoisotopic (exact) mass is 362 g/mol. The fraction of sp³-hybridized carbons (Fsp3) is 0.217. The average Bonchev–Trinajstić information content (AvgIpc) is 3.17. The summed E-state index contributed by atoms with van der Waals surface area (Å²) in [5, 5.41) is 0. The molecule has 0 N–H and O–H groups in total. The molecule has 2 aromatic carbocycles. The van der Waals surface area contributed by atoms with Crippen LogP contribution in [0.15, 0.2) is 53.1 Å². The van der Waals surface area contributed by atoms with E-state index >= 15 is 0 Å². The number of Topliss-reactive ketones (excluding diaryl/α,β-unsaturated/α-hetero) is 1. The van der Waals surface area contributed by atoms with Crippen LogP contribution in [0.5, 0.6) is 0 Å². The van der Waals surface area contributed by atoms with E-state index in [4.69, 9.17) is 9.15 Å². The maximum Gasteiger partial charge on any atom is 0.375 e. The number of hydrogen-bond acceptors (Lipinski definition) is 4. The van der Waals surface area contributed by atoms with Crippen molar-refractivity contribution in [3.8, 4) is 11.1 Å². The normalized spacial score (nSPS) is 10.7. The molecule has 0 amide bonds. The molecule has 1 heterocycles. The number of ketones is 1. The van der Waals surface area contributed by atoms with E-state index in [0.717, 1.165) is 22.3 Å². The second kappa shape index (κ2) is 7.62. The molecule has 0 aliphatic heterocycles. The molecule has 0 radical (unpaired) electrons. The molecule has 3 rings (SSSR count). The Morgan fingerprint density at radius 3 is 2.33 bits per heavy atom. The zero-order chi connectivity index (χ0) is 19.6. The summed E-state index contributed by atoms with van der Waals surface area (Å²) >= 11 is 0. The van der Waals surface area contributed by atoms with Crippen molar-refractivity contribution in [3.05, 3.63) is 82.3 Å². The second-order valence-corrected chi connectivity index (χ2v) is 6.64. The van der Waals surface area contributed by atoms with Gasteiger partial charge in [-0.2, -0.15) is 0 Å². The van der Waals surface area contributed by atoms with Gasteiger partial charge in [0, 0.05) is 11.1 Å². The Hall–Kier alpha value is -3.14. The molecular formula is C23H22O4. The molecule has 3 aromatic rings. The van der Waals surface area contributed by atoms with E-state index in [2.05, 4.69) is 0 Å². The maximum atomic E-state index is 12.6. The lowest BCUT2D eigenvalue weighted by Gasteiger charge is -2.13. The minimum Gasteiger partial charge on any atom is -0.457 e. The first-order chi connectivity index (χ1) is 12.9. The van der Waals surface area contributed by atoms with E-state index in [0.29, 0.717) is 11.1 Å². The van der Waals surface area contributed by atoms with Crippen LogP contribution < -0.4 is 0 Å². The summed E-state index contributed by atoms with van der Waals surface area (Å²) in [6, 6.07) is 13.0. The number of aryl methyl sites for hydroxylation is 1. The summed E-state index contributed by atoms with van der Waals surface area (Å²) in [5.41, 5.74) is 6.31. The van der Waals surface area contributed by atoms with Crippen molar-refractivity contribution in [1.29, 1.82) is 0 Å². The van der Waals surface area contributed by atoms with Crippen molar-refractivity contribution < 1.29 is 18.7 Å². The molecule has 4 nitrogen and oxygen atoms in total. The first-order valence-corrected chi connectivity index (χ1v) is 8.80. The van der Waals surface area contributed by atoms with E-state index in [1.807, 2.05) is 64.1 Å². The lowest BCUT2D eigenvalue weighted by atomic mass is 9.93. The smallest absolute Gasteiger partial charge is 0.375 e. The molecule has 0 spiro atoms. The standard InChI is InChI=1S/C23H22O4/c1-14-12-20(17(4)16(3)15(14)2)21(24)13-27-23(25)22-19(10-11-26-22)18-8-6-5-7-9-18/h5-12H,13H2,1-4H3. The van der Waals surface area contributed by atoms with Crippen LogP contribution in [0.25, 0.3) is 11.1 Å². The zero-order valence-corrected chi connectivity index (χ0v) is 16.0. The molecule has 0 atom stereocenters. The molecule has 4 heteroatoms. The van der Waals surface area contributed by atoms with E-state index < -0.39 is 5.97 Å². The van der Waals surface area contributed by atoms with Gasteiger partial charge in [0.1, 0.15) is 0 Å². The third-order valence-electron chi connectivity index (χ3n) is 5.05. The molecule has 0 bridgehead atoms. The van der Waals surface area contributed by atoms with Gasteiger partial charge in [0.15, 0.2) is 6.61 Å². The van der Waals surface area contributed by atoms with Crippen molar-refractivity contribution in [3.63, 3.8) is 0 Å². The SMILES string of the molecule is Cc1cc(C(=O)COC(=O)c2occc2-c2ccccc2)c(C)c(C)c1C. The summed E-state index contributed by atoms with van der Waals surface area (Å²) in [4.78, 5) is 25.0. The zero-order valence-electron chi connectivity index (χ0n) is 16.0. The van der Waals surface area contributed by atoms with Gasteiger partial charge in [-0.25, -0.2) is 4.79 Å². The molecule has 0 unspecified atom stereocenters. The van der Waals surface area contributed by atoms with Crippen LogP contribution in [0.3, 0.4) is 0 Å². The molecule has 0 saturated heterocycles.